The zero-order valence-corrected chi connectivity index (χ0v) is 17.7. The van der Waals surface area contributed by atoms with E-state index in [1.165, 1.54) is 16.9 Å². The van der Waals surface area contributed by atoms with Gasteiger partial charge in [0.25, 0.3) is 5.56 Å². The molecular weight excluding hydrogens is 410 g/mol. The Hall–Kier alpha value is -2.65. The van der Waals surface area contributed by atoms with E-state index in [9.17, 15) is 19.5 Å². The minimum Gasteiger partial charge on any atom is -0.480 e. The van der Waals surface area contributed by atoms with Crippen molar-refractivity contribution < 1.29 is 14.7 Å². The van der Waals surface area contributed by atoms with Crippen LogP contribution in [0.4, 0.5) is 5.69 Å². The largest absolute Gasteiger partial charge is 0.480 e. The maximum atomic E-state index is 12.8. The number of carbonyl (C=O) groups excluding carboxylic acids is 1. The van der Waals surface area contributed by atoms with Crippen molar-refractivity contribution in [3.05, 3.63) is 51.6 Å². The average molecular weight is 432 g/mol. The minimum absolute atomic E-state index is 0.219. The minimum atomic E-state index is -1.14. The van der Waals surface area contributed by atoms with E-state index in [1.54, 1.807) is 11.4 Å². The van der Waals surface area contributed by atoms with Gasteiger partial charge in [0.1, 0.15) is 11.2 Å². The van der Waals surface area contributed by atoms with Crippen molar-refractivity contribution in [1.82, 2.24) is 9.55 Å². The number of rotatable bonds is 8. The first kappa shape index (κ1) is 21.1. The molecule has 0 bridgehead atoms. The van der Waals surface area contributed by atoms with Crippen molar-refractivity contribution in [2.75, 3.05) is 5.32 Å². The monoisotopic (exact) mass is 431 g/mol. The van der Waals surface area contributed by atoms with E-state index in [4.69, 9.17) is 0 Å². The molecule has 0 spiro atoms. The lowest BCUT2D eigenvalue weighted by atomic mass is 10.1. The summed E-state index contributed by atoms with van der Waals surface area (Å²) in [5.74, 6) is -1.36. The fourth-order valence-corrected chi connectivity index (χ4v) is 4.58. The molecule has 0 saturated carbocycles. The summed E-state index contributed by atoms with van der Waals surface area (Å²) in [6.07, 6.45) is 1.41. The standard InChI is InChI=1S/C20H21N3O4S2/c1-3-12-5-7-13(8-6-12)21-18(26)15(4-2)29-20-22-14-9-10-28-17(14)19(27)23(20)11-16(24)25/h5-10,15H,3-4,11H2,1-2H3,(H,21,26)(H,24,25). The molecule has 0 saturated heterocycles. The summed E-state index contributed by atoms with van der Waals surface area (Å²) >= 11 is 2.33. The van der Waals surface area contributed by atoms with Gasteiger partial charge < -0.3 is 10.4 Å². The fourth-order valence-electron chi connectivity index (χ4n) is 2.78. The van der Waals surface area contributed by atoms with Crippen molar-refractivity contribution in [3.8, 4) is 0 Å². The Morgan fingerprint density at radius 1 is 1.24 bits per heavy atom. The highest BCUT2D eigenvalue weighted by Crippen LogP contribution is 2.27. The number of carboxylic acid groups (broad SMARTS) is 1. The van der Waals surface area contributed by atoms with E-state index in [2.05, 4.69) is 17.2 Å². The SMILES string of the molecule is CCc1ccc(NC(=O)C(CC)Sc2nc3ccsc3c(=O)n2CC(=O)O)cc1. The van der Waals surface area contributed by atoms with Crippen molar-refractivity contribution in [2.45, 2.75) is 43.6 Å². The molecule has 1 atom stereocenters. The second-order valence-corrected chi connectivity index (χ2v) is 8.45. The molecule has 152 valence electrons. The summed E-state index contributed by atoms with van der Waals surface area (Å²) in [4.78, 5) is 41.2. The predicted octanol–water partition coefficient (Wildman–Crippen LogP) is 3.61. The van der Waals surface area contributed by atoms with Gasteiger partial charge in [0.15, 0.2) is 5.16 Å². The highest BCUT2D eigenvalue weighted by molar-refractivity contribution is 8.00. The predicted molar refractivity (Wildman–Crippen MR) is 116 cm³/mol. The number of carbonyl (C=O) groups is 2. The molecule has 1 aromatic carbocycles. The van der Waals surface area contributed by atoms with E-state index in [-0.39, 0.29) is 11.1 Å². The molecule has 1 amide bonds. The van der Waals surface area contributed by atoms with Gasteiger partial charge in [-0.2, -0.15) is 0 Å². The van der Waals surface area contributed by atoms with Crippen LogP contribution in [0.5, 0.6) is 0 Å². The normalized spacial score (nSPS) is 12.1. The summed E-state index contributed by atoms with van der Waals surface area (Å²) in [6, 6.07) is 9.34. The molecule has 0 aliphatic rings. The number of hydrogen-bond acceptors (Lipinski definition) is 6. The molecular formula is C20H21N3O4S2. The number of thioether (sulfide) groups is 1. The number of benzene rings is 1. The van der Waals surface area contributed by atoms with Crippen molar-refractivity contribution in [1.29, 1.82) is 0 Å². The van der Waals surface area contributed by atoms with Crippen LogP contribution in [0.1, 0.15) is 25.8 Å². The number of aromatic nitrogens is 2. The molecule has 3 rings (SSSR count). The molecule has 0 fully saturated rings. The zero-order valence-electron chi connectivity index (χ0n) is 16.0. The first-order valence-corrected chi connectivity index (χ1v) is 10.9. The summed E-state index contributed by atoms with van der Waals surface area (Å²) < 4.78 is 1.53. The molecule has 29 heavy (non-hydrogen) atoms. The number of hydrogen-bond donors (Lipinski definition) is 2. The summed E-state index contributed by atoms with van der Waals surface area (Å²) in [5.41, 5.74) is 1.97. The molecule has 3 aromatic rings. The number of aliphatic carboxylic acids is 1. The van der Waals surface area contributed by atoms with Gasteiger partial charge >= 0.3 is 5.97 Å². The molecule has 0 aliphatic carbocycles. The third kappa shape index (κ3) is 4.86. The van der Waals surface area contributed by atoms with Gasteiger partial charge in [0.2, 0.25) is 5.91 Å². The number of carboxylic acids is 1. The van der Waals surface area contributed by atoms with Crippen LogP contribution in [0.25, 0.3) is 10.2 Å². The van der Waals surface area contributed by atoms with Crippen LogP contribution in [0.2, 0.25) is 0 Å². The number of nitrogens with one attached hydrogen (secondary N) is 1. The zero-order chi connectivity index (χ0) is 21.0. The molecule has 2 heterocycles. The van der Waals surface area contributed by atoms with Gasteiger partial charge in [-0.3, -0.25) is 19.0 Å². The molecule has 0 aliphatic heterocycles. The molecule has 2 aromatic heterocycles. The highest BCUT2D eigenvalue weighted by Gasteiger charge is 2.23. The quantitative estimate of drug-likeness (QED) is 0.417. The molecule has 2 N–H and O–H groups in total. The maximum absolute atomic E-state index is 12.8. The first-order chi connectivity index (χ1) is 13.9. The second-order valence-electron chi connectivity index (χ2n) is 6.37. The lowest BCUT2D eigenvalue weighted by Gasteiger charge is -2.17. The topological polar surface area (TPSA) is 101 Å². The highest BCUT2D eigenvalue weighted by atomic mass is 32.2. The van der Waals surface area contributed by atoms with Crippen LogP contribution >= 0.6 is 23.1 Å². The van der Waals surface area contributed by atoms with Crippen molar-refractivity contribution in [3.63, 3.8) is 0 Å². The Labute approximate surface area is 175 Å². The van der Waals surface area contributed by atoms with Crippen LogP contribution in [0.3, 0.4) is 0 Å². The lowest BCUT2D eigenvalue weighted by Crippen LogP contribution is -2.29. The Morgan fingerprint density at radius 3 is 2.59 bits per heavy atom. The average Bonchev–Trinajstić information content (AvgIpc) is 3.17. The van der Waals surface area contributed by atoms with Gasteiger partial charge in [0.05, 0.1) is 10.8 Å². The smallest absolute Gasteiger partial charge is 0.323 e. The number of fused-ring (bicyclic) bond motifs is 1. The van der Waals surface area contributed by atoms with Crippen molar-refractivity contribution >= 4 is 50.9 Å². The number of nitrogens with zero attached hydrogens (tertiary/aromatic N) is 2. The lowest BCUT2D eigenvalue weighted by molar-refractivity contribution is -0.137. The Balaban J connectivity index is 1.87. The van der Waals surface area contributed by atoms with Crippen LogP contribution in [-0.2, 0) is 22.6 Å². The summed E-state index contributed by atoms with van der Waals surface area (Å²) in [6.45, 7) is 3.42. The fraction of sp³-hybridized carbons (Fsp3) is 0.300. The van der Waals surface area contributed by atoms with Gasteiger partial charge in [-0.05, 0) is 42.0 Å². The second kappa shape index (κ2) is 9.23. The van der Waals surface area contributed by atoms with Gasteiger partial charge in [-0.15, -0.1) is 11.3 Å². The Morgan fingerprint density at radius 2 is 1.97 bits per heavy atom. The summed E-state index contributed by atoms with van der Waals surface area (Å²) in [7, 11) is 0. The van der Waals surface area contributed by atoms with Crippen molar-refractivity contribution in [2.24, 2.45) is 0 Å². The van der Waals surface area contributed by atoms with Crippen LogP contribution in [-0.4, -0.2) is 31.8 Å². The van der Waals surface area contributed by atoms with E-state index < -0.39 is 23.3 Å². The summed E-state index contributed by atoms with van der Waals surface area (Å²) in [5, 5.41) is 13.5. The third-order valence-corrected chi connectivity index (χ3v) is 6.61. The number of aryl methyl sites for hydroxylation is 1. The molecule has 0 radical (unpaired) electrons. The van der Waals surface area contributed by atoms with E-state index in [0.29, 0.717) is 22.3 Å². The maximum Gasteiger partial charge on any atom is 0.323 e. The third-order valence-electron chi connectivity index (χ3n) is 4.36. The molecule has 9 heteroatoms. The van der Waals surface area contributed by atoms with Gasteiger partial charge in [-0.1, -0.05) is 37.7 Å². The van der Waals surface area contributed by atoms with E-state index in [0.717, 1.165) is 22.7 Å². The van der Waals surface area contributed by atoms with E-state index in [1.807, 2.05) is 31.2 Å². The molecule has 1 unspecified atom stereocenters. The van der Waals surface area contributed by atoms with Gasteiger partial charge in [-0.25, -0.2) is 4.98 Å². The van der Waals surface area contributed by atoms with Crippen LogP contribution < -0.4 is 10.9 Å². The molecule has 7 nitrogen and oxygen atoms in total. The number of anilines is 1. The van der Waals surface area contributed by atoms with E-state index >= 15 is 0 Å². The van der Waals surface area contributed by atoms with Crippen LogP contribution in [0.15, 0.2) is 45.7 Å². The Bertz CT molecular complexity index is 1090. The Kier molecular flexibility index (Phi) is 6.71. The first-order valence-electron chi connectivity index (χ1n) is 9.19. The van der Waals surface area contributed by atoms with Crippen LogP contribution in [0, 0.1) is 0 Å². The van der Waals surface area contributed by atoms with Gasteiger partial charge in [0, 0.05) is 5.69 Å². The number of amides is 1. The number of thiophene rings is 1.